The monoisotopic (exact) mass is 375 g/mol. The molecule has 0 saturated carbocycles. The first-order valence-electron chi connectivity index (χ1n) is 6.16. The van der Waals surface area contributed by atoms with E-state index in [4.69, 9.17) is 11.6 Å². The Balaban J connectivity index is 2.41. The Labute approximate surface area is 134 Å². The lowest BCUT2D eigenvalue weighted by atomic mass is 9.91. The van der Waals surface area contributed by atoms with Gasteiger partial charge in [-0.3, -0.25) is 0 Å². The maximum Gasteiger partial charge on any atom is 0.164 e. The standard InChI is InChI=1S/C15H13BrClF2NO/c1-15(8-21,10-3-2-4-13(18)14(10)19)20-9-5-6-12(17)11(16)7-9/h2-7,20-21H,8H2,1H3. The Morgan fingerprint density at radius 3 is 2.62 bits per heavy atom. The number of anilines is 1. The minimum absolute atomic E-state index is 0.0519. The van der Waals surface area contributed by atoms with Gasteiger partial charge in [0.1, 0.15) is 0 Å². The van der Waals surface area contributed by atoms with Crippen molar-refractivity contribution in [3.63, 3.8) is 0 Å². The molecule has 0 fully saturated rings. The van der Waals surface area contributed by atoms with Gasteiger partial charge in [-0.05, 0) is 47.1 Å². The number of nitrogens with one attached hydrogen (secondary N) is 1. The summed E-state index contributed by atoms with van der Waals surface area (Å²) in [7, 11) is 0. The van der Waals surface area contributed by atoms with Crippen LogP contribution in [0.1, 0.15) is 12.5 Å². The second-order valence-electron chi connectivity index (χ2n) is 4.85. The molecule has 21 heavy (non-hydrogen) atoms. The van der Waals surface area contributed by atoms with E-state index >= 15 is 0 Å². The normalized spacial score (nSPS) is 13.8. The van der Waals surface area contributed by atoms with Crippen LogP contribution in [0, 0.1) is 11.6 Å². The van der Waals surface area contributed by atoms with Crippen LogP contribution in [0.4, 0.5) is 14.5 Å². The Bertz CT molecular complexity index is 668. The van der Waals surface area contributed by atoms with Crippen molar-refractivity contribution in [1.82, 2.24) is 0 Å². The molecule has 0 amide bonds. The molecule has 2 nitrogen and oxygen atoms in total. The van der Waals surface area contributed by atoms with Crippen molar-refractivity contribution >= 4 is 33.2 Å². The lowest BCUT2D eigenvalue weighted by Crippen LogP contribution is -2.37. The quantitative estimate of drug-likeness (QED) is 0.810. The van der Waals surface area contributed by atoms with Gasteiger partial charge in [-0.2, -0.15) is 0 Å². The maximum absolute atomic E-state index is 14.0. The first-order valence-corrected chi connectivity index (χ1v) is 7.33. The summed E-state index contributed by atoms with van der Waals surface area (Å²) in [6.07, 6.45) is 0. The van der Waals surface area contributed by atoms with E-state index < -0.39 is 23.8 Å². The van der Waals surface area contributed by atoms with Crippen molar-refractivity contribution in [3.8, 4) is 0 Å². The fourth-order valence-corrected chi connectivity index (χ4v) is 2.51. The number of halogens is 4. The van der Waals surface area contributed by atoms with Crippen LogP contribution in [-0.4, -0.2) is 11.7 Å². The molecule has 0 aliphatic heterocycles. The zero-order valence-electron chi connectivity index (χ0n) is 11.1. The van der Waals surface area contributed by atoms with Crippen molar-refractivity contribution in [2.24, 2.45) is 0 Å². The largest absolute Gasteiger partial charge is 0.394 e. The molecule has 2 rings (SSSR count). The molecule has 0 aromatic heterocycles. The van der Waals surface area contributed by atoms with Gasteiger partial charge in [-0.25, -0.2) is 8.78 Å². The molecule has 6 heteroatoms. The first-order chi connectivity index (χ1) is 9.87. The van der Waals surface area contributed by atoms with E-state index in [1.54, 1.807) is 25.1 Å². The molecule has 0 bridgehead atoms. The minimum Gasteiger partial charge on any atom is -0.394 e. The van der Waals surface area contributed by atoms with Crippen LogP contribution in [0.15, 0.2) is 40.9 Å². The number of aliphatic hydroxyl groups is 1. The van der Waals surface area contributed by atoms with Gasteiger partial charge < -0.3 is 10.4 Å². The van der Waals surface area contributed by atoms with Crippen molar-refractivity contribution in [2.45, 2.75) is 12.5 Å². The van der Waals surface area contributed by atoms with E-state index in [1.165, 1.54) is 12.1 Å². The van der Waals surface area contributed by atoms with E-state index in [9.17, 15) is 13.9 Å². The van der Waals surface area contributed by atoms with Crippen molar-refractivity contribution in [3.05, 3.63) is 63.1 Å². The lowest BCUT2D eigenvalue weighted by molar-refractivity contribution is 0.219. The fraction of sp³-hybridized carbons (Fsp3) is 0.200. The smallest absolute Gasteiger partial charge is 0.164 e. The van der Waals surface area contributed by atoms with E-state index in [1.807, 2.05) is 0 Å². The molecular weight excluding hydrogens is 364 g/mol. The van der Waals surface area contributed by atoms with Crippen LogP contribution in [-0.2, 0) is 5.54 Å². The van der Waals surface area contributed by atoms with Gasteiger partial charge in [0.25, 0.3) is 0 Å². The topological polar surface area (TPSA) is 32.3 Å². The summed E-state index contributed by atoms with van der Waals surface area (Å²) in [5.74, 6) is -1.93. The number of hydrogen-bond acceptors (Lipinski definition) is 2. The minimum atomic E-state index is -1.17. The molecule has 112 valence electrons. The van der Waals surface area contributed by atoms with Crippen LogP contribution >= 0.6 is 27.5 Å². The Kier molecular flexibility index (Phi) is 4.86. The molecule has 0 radical (unpaired) electrons. The van der Waals surface area contributed by atoms with Crippen LogP contribution in [0.5, 0.6) is 0 Å². The molecule has 1 unspecified atom stereocenters. The average Bonchev–Trinajstić information content (AvgIpc) is 2.45. The van der Waals surface area contributed by atoms with Gasteiger partial charge in [0.2, 0.25) is 0 Å². The highest BCUT2D eigenvalue weighted by Crippen LogP contribution is 2.32. The third-order valence-corrected chi connectivity index (χ3v) is 4.42. The van der Waals surface area contributed by atoms with Crippen molar-refractivity contribution in [1.29, 1.82) is 0 Å². The summed E-state index contributed by atoms with van der Waals surface area (Å²) in [6, 6.07) is 8.93. The molecule has 2 aromatic carbocycles. The third kappa shape index (κ3) is 3.36. The van der Waals surface area contributed by atoms with Gasteiger partial charge in [-0.15, -0.1) is 0 Å². The molecule has 2 N–H and O–H groups in total. The molecule has 0 aliphatic rings. The molecule has 0 spiro atoms. The predicted octanol–water partition coefficient (Wildman–Crippen LogP) is 4.70. The van der Waals surface area contributed by atoms with E-state index in [0.717, 1.165) is 6.07 Å². The van der Waals surface area contributed by atoms with Gasteiger partial charge in [-0.1, -0.05) is 23.7 Å². The molecule has 1 atom stereocenters. The van der Waals surface area contributed by atoms with E-state index in [-0.39, 0.29) is 5.56 Å². The summed E-state index contributed by atoms with van der Waals surface area (Å²) in [6.45, 7) is 1.18. The third-order valence-electron chi connectivity index (χ3n) is 3.20. The lowest BCUT2D eigenvalue weighted by Gasteiger charge is -2.31. The Hall–Kier alpha value is -1.17. The highest BCUT2D eigenvalue weighted by Gasteiger charge is 2.30. The second kappa shape index (κ2) is 6.30. The van der Waals surface area contributed by atoms with Crippen molar-refractivity contribution < 1.29 is 13.9 Å². The summed E-state index contributed by atoms with van der Waals surface area (Å²) >= 11 is 9.20. The summed E-state index contributed by atoms with van der Waals surface area (Å²) in [4.78, 5) is 0. The fourth-order valence-electron chi connectivity index (χ4n) is 2.01. The Morgan fingerprint density at radius 2 is 2.00 bits per heavy atom. The molecule has 0 saturated heterocycles. The van der Waals surface area contributed by atoms with Crippen LogP contribution in [0.3, 0.4) is 0 Å². The van der Waals surface area contributed by atoms with Gasteiger partial charge in [0, 0.05) is 15.7 Å². The van der Waals surface area contributed by atoms with Gasteiger partial charge >= 0.3 is 0 Å². The molecule has 0 heterocycles. The van der Waals surface area contributed by atoms with Crippen LogP contribution in [0.2, 0.25) is 5.02 Å². The molecular formula is C15H13BrClF2NO. The van der Waals surface area contributed by atoms with E-state index in [2.05, 4.69) is 21.2 Å². The first kappa shape index (κ1) is 16.2. The van der Waals surface area contributed by atoms with Gasteiger partial charge in [0.05, 0.1) is 17.2 Å². The zero-order valence-corrected chi connectivity index (χ0v) is 13.5. The second-order valence-corrected chi connectivity index (χ2v) is 6.11. The molecule has 0 aliphatic carbocycles. The SMILES string of the molecule is CC(CO)(Nc1ccc(Cl)c(Br)c1)c1cccc(F)c1F. The van der Waals surface area contributed by atoms with Crippen LogP contribution < -0.4 is 5.32 Å². The Morgan fingerprint density at radius 1 is 1.29 bits per heavy atom. The van der Waals surface area contributed by atoms with Crippen molar-refractivity contribution in [2.75, 3.05) is 11.9 Å². The maximum atomic E-state index is 14.0. The zero-order chi connectivity index (χ0) is 15.6. The predicted molar refractivity (Wildman–Crippen MR) is 83.6 cm³/mol. The van der Waals surface area contributed by atoms with E-state index in [0.29, 0.717) is 15.2 Å². The van der Waals surface area contributed by atoms with Gasteiger partial charge in [0.15, 0.2) is 11.6 Å². The highest BCUT2D eigenvalue weighted by atomic mass is 79.9. The number of rotatable bonds is 4. The molecule has 2 aromatic rings. The number of benzene rings is 2. The summed E-state index contributed by atoms with van der Waals surface area (Å²) in [5.41, 5.74) is -0.498. The highest BCUT2D eigenvalue weighted by molar-refractivity contribution is 9.10. The summed E-state index contributed by atoms with van der Waals surface area (Å²) in [5, 5.41) is 13.2. The summed E-state index contributed by atoms with van der Waals surface area (Å²) < 4.78 is 28.0. The average molecular weight is 377 g/mol. The number of hydrogen-bond donors (Lipinski definition) is 2. The number of aliphatic hydroxyl groups excluding tert-OH is 1. The van der Waals surface area contributed by atoms with Crippen LogP contribution in [0.25, 0.3) is 0 Å².